The van der Waals surface area contributed by atoms with Crippen LogP contribution in [0.2, 0.25) is 0 Å². The number of hydrogen-bond acceptors (Lipinski definition) is 8. The number of likely N-dealkylation sites (tertiary alicyclic amines) is 2. The molecule has 0 spiro atoms. The quantitative estimate of drug-likeness (QED) is 0.210. The normalized spacial score (nSPS) is 21.6. The summed E-state index contributed by atoms with van der Waals surface area (Å²) in [6.07, 6.45) is 1.72. The van der Waals surface area contributed by atoms with Crippen LogP contribution in [-0.2, 0) is 9.59 Å². The first-order valence-electron chi connectivity index (χ1n) is 18.7. The number of benzene rings is 4. The molecule has 13 nitrogen and oxygen atoms in total. The van der Waals surface area contributed by atoms with E-state index in [4.69, 9.17) is 0 Å². The van der Waals surface area contributed by atoms with Gasteiger partial charge in [-0.3, -0.25) is 19.7 Å². The number of piperidine rings is 2. The van der Waals surface area contributed by atoms with Crippen LogP contribution in [0.3, 0.4) is 0 Å². The van der Waals surface area contributed by atoms with Gasteiger partial charge in [0.1, 0.15) is 0 Å². The van der Waals surface area contributed by atoms with Gasteiger partial charge in [-0.15, -0.1) is 0 Å². The third kappa shape index (κ3) is 12.0. The highest BCUT2D eigenvalue weighted by Gasteiger charge is 2.40. The Labute approximate surface area is 328 Å². The zero-order valence-corrected chi connectivity index (χ0v) is 32.7. The van der Waals surface area contributed by atoms with Gasteiger partial charge in [-0.1, -0.05) is 90.5 Å². The van der Waals surface area contributed by atoms with Gasteiger partial charge in [-0.2, -0.15) is 0 Å². The molecule has 6 N–H and O–H groups in total. The minimum Gasteiger partial charge on any atom is -0.545 e. The van der Waals surface area contributed by atoms with E-state index in [0.717, 1.165) is 55.8 Å². The van der Waals surface area contributed by atoms with Crippen molar-refractivity contribution in [2.24, 2.45) is 0 Å². The molecular weight excluding hydrogens is 715 g/mol. The molecule has 2 aliphatic heterocycles. The molecule has 0 bridgehead atoms. The fourth-order valence-electron chi connectivity index (χ4n) is 7.04. The van der Waals surface area contributed by atoms with E-state index in [0.29, 0.717) is 11.8 Å². The van der Waals surface area contributed by atoms with Crippen LogP contribution in [0.25, 0.3) is 0 Å². The molecule has 6 rings (SSSR count). The molecule has 2 heterocycles. The van der Waals surface area contributed by atoms with Gasteiger partial charge in [-0.25, -0.2) is 0 Å². The number of nitro groups is 1. The average molecular weight is 768 g/mol. The van der Waals surface area contributed by atoms with Crippen molar-refractivity contribution in [1.29, 1.82) is 0 Å². The number of quaternary nitrogens is 2. The maximum Gasteiger partial charge on any atom is 0.280 e. The summed E-state index contributed by atoms with van der Waals surface area (Å²) >= 11 is 0. The molecule has 0 radical (unpaired) electrons. The van der Waals surface area contributed by atoms with Crippen molar-refractivity contribution < 1.29 is 45.8 Å². The Morgan fingerprint density at radius 3 is 1.29 bits per heavy atom. The van der Waals surface area contributed by atoms with Crippen LogP contribution in [0, 0.1) is 17.0 Å². The number of carboxylic acids is 2. The zero-order valence-electron chi connectivity index (χ0n) is 32.7. The molecule has 0 aromatic heterocycles. The van der Waals surface area contributed by atoms with Crippen LogP contribution in [0.1, 0.15) is 89.8 Å². The number of carbonyl (C=O) groups excluding carboxylic acids is 4. The third-order valence-electron chi connectivity index (χ3n) is 10.2. The molecule has 0 unspecified atom stereocenters. The predicted octanol–water partition coefficient (Wildman–Crippen LogP) is 2.36. The highest BCUT2D eigenvalue weighted by molar-refractivity contribution is 5.86. The molecule has 13 heteroatoms. The van der Waals surface area contributed by atoms with E-state index in [1.165, 1.54) is 23.3 Å². The van der Waals surface area contributed by atoms with Crippen LogP contribution in [-0.4, -0.2) is 75.7 Å². The van der Waals surface area contributed by atoms with E-state index in [1.54, 1.807) is 12.1 Å². The second-order valence-electron chi connectivity index (χ2n) is 13.9. The Kier molecular flexibility index (Phi) is 16.9. The van der Waals surface area contributed by atoms with Gasteiger partial charge in [0, 0.05) is 62.0 Å². The topological polar surface area (TPSA) is 219 Å². The second-order valence-corrected chi connectivity index (χ2v) is 13.9. The molecule has 2 aliphatic rings. The Morgan fingerprint density at radius 2 is 0.982 bits per heavy atom. The molecule has 2 saturated heterocycles. The molecule has 4 aromatic rings. The maximum absolute atomic E-state index is 12.0. The molecule has 0 saturated carbocycles. The highest BCUT2D eigenvalue weighted by atomic mass is 16.6. The first-order chi connectivity index (χ1) is 26.6. The lowest BCUT2D eigenvalue weighted by Gasteiger charge is -2.40. The average Bonchev–Trinajstić information content (AvgIpc) is 3.20. The minimum absolute atomic E-state index is 0.0689. The van der Waals surface area contributed by atoms with Crippen LogP contribution >= 0.6 is 0 Å². The fraction of sp³-hybridized carbons (Fsp3) is 0.349. The SMILES string of the molecule is CCN1C(=O)[C@@H]([NH3+])C[C@@H](c2ccccc2)[C@H]1C.CCN1C(=O)[C@@H]([NH3+])C[C@@H](c2ccccc2)[C@H]1C.Cc1ccc(C(=O)[O-])cc1.O=C([O-])c1ccc([N+](=O)[O-])cc1. The number of nitrogens with zero attached hydrogens (tertiary/aromatic N) is 3. The number of likely N-dealkylation sites (N-methyl/N-ethyl adjacent to an activating group) is 2. The number of carboxylic acid groups (broad SMARTS) is 2. The molecule has 298 valence electrons. The Bertz CT molecular complexity index is 1780. The van der Waals surface area contributed by atoms with Crippen LogP contribution in [0.5, 0.6) is 0 Å². The first kappa shape index (κ1) is 44.5. The van der Waals surface area contributed by atoms with E-state index >= 15 is 0 Å². The van der Waals surface area contributed by atoms with Crippen molar-refractivity contribution in [1.82, 2.24) is 9.80 Å². The van der Waals surface area contributed by atoms with Gasteiger partial charge in [0.25, 0.3) is 17.5 Å². The van der Waals surface area contributed by atoms with Crippen molar-refractivity contribution in [3.63, 3.8) is 0 Å². The molecule has 4 aromatic carbocycles. The van der Waals surface area contributed by atoms with Gasteiger partial charge >= 0.3 is 0 Å². The summed E-state index contributed by atoms with van der Waals surface area (Å²) in [6, 6.07) is 32.3. The van der Waals surface area contributed by atoms with Gasteiger partial charge in [0.15, 0.2) is 12.1 Å². The number of aromatic carboxylic acids is 2. The zero-order chi connectivity index (χ0) is 41.5. The molecule has 0 aliphatic carbocycles. The lowest BCUT2D eigenvalue weighted by molar-refractivity contribution is -0.411. The van der Waals surface area contributed by atoms with Crippen molar-refractivity contribution in [2.45, 2.75) is 83.5 Å². The van der Waals surface area contributed by atoms with Gasteiger partial charge in [0.05, 0.1) is 16.9 Å². The number of non-ortho nitro benzene ring substituents is 1. The highest BCUT2D eigenvalue weighted by Crippen LogP contribution is 2.33. The number of aryl methyl sites for hydroxylation is 1. The molecule has 56 heavy (non-hydrogen) atoms. The summed E-state index contributed by atoms with van der Waals surface area (Å²) in [6.45, 7) is 11.8. The lowest BCUT2D eigenvalue weighted by atomic mass is 9.82. The largest absolute Gasteiger partial charge is 0.545 e. The lowest BCUT2D eigenvalue weighted by Crippen LogP contribution is -2.72. The van der Waals surface area contributed by atoms with Crippen molar-refractivity contribution in [3.8, 4) is 0 Å². The summed E-state index contributed by atoms with van der Waals surface area (Å²) in [7, 11) is 0. The molecule has 2 amide bonds. The first-order valence-corrected chi connectivity index (χ1v) is 18.7. The molecular formula is C43H53N5O8. The van der Waals surface area contributed by atoms with Gasteiger partial charge in [-0.05, 0) is 69.0 Å². The van der Waals surface area contributed by atoms with E-state index < -0.39 is 16.9 Å². The Hall–Kier alpha value is -5.92. The summed E-state index contributed by atoms with van der Waals surface area (Å²) < 4.78 is 0. The van der Waals surface area contributed by atoms with Gasteiger partial charge in [0.2, 0.25) is 0 Å². The maximum atomic E-state index is 12.0. The minimum atomic E-state index is -1.34. The second kappa shape index (κ2) is 21.2. The van der Waals surface area contributed by atoms with Crippen molar-refractivity contribution in [3.05, 3.63) is 147 Å². The number of rotatable bonds is 7. The van der Waals surface area contributed by atoms with Crippen LogP contribution < -0.4 is 21.7 Å². The number of carbonyl (C=O) groups is 4. The van der Waals surface area contributed by atoms with E-state index in [2.05, 4.69) is 73.8 Å². The number of amides is 2. The number of nitro benzene ring substituents is 1. The van der Waals surface area contributed by atoms with Crippen molar-refractivity contribution >= 4 is 29.4 Å². The smallest absolute Gasteiger partial charge is 0.280 e. The summed E-state index contributed by atoms with van der Waals surface area (Å²) in [5, 5.41) is 30.5. The van der Waals surface area contributed by atoms with Crippen molar-refractivity contribution in [2.75, 3.05) is 13.1 Å². The Balaban J connectivity index is 0.000000205. The predicted molar refractivity (Wildman–Crippen MR) is 208 cm³/mol. The summed E-state index contributed by atoms with van der Waals surface area (Å²) in [4.78, 5) is 57.9. The van der Waals surface area contributed by atoms with Crippen LogP contribution in [0.4, 0.5) is 5.69 Å². The van der Waals surface area contributed by atoms with E-state index in [1.807, 2.05) is 42.7 Å². The van der Waals surface area contributed by atoms with E-state index in [-0.39, 0.29) is 52.8 Å². The molecule has 6 atom stereocenters. The molecule has 2 fully saturated rings. The summed E-state index contributed by atoms with van der Waals surface area (Å²) in [5.74, 6) is -1.24. The van der Waals surface area contributed by atoms with E-state index in [9.17, 15) is 39.5 Å². The monoisotopic (exact) mass is 767 g/mol. The third-order valence-corrected chi connectivity index (χ3v) is 10.2. The fourth-order valence-corrected chi connectivity index (χ4v) is 7.04. The Morgan fingerprint density at radius 1 is 0.643 bits per heavy atom. The standard InChI is InChI=1S/2C14H20N2O.C8H8O2.C7H5NO4/c2*1-3-16-10(2)12(9-13(15)14(16)17)11-7-5-4-6-8-11;1-6-2-4-7(5-3-6)8(9)10;9-7(10)5-1-3-6(4-2-5)8(11)12/h2*4-8,10,12-13H,3,9,15H2,1-2H3;2-5H,1H3,(H,9,10);1-4H,(H,9,10)/t2*10-,12-,13+;;/m11../s1. The van der Waals surface area contributed by atoms with Gasteiger partial charge < -0.3 is 41.1 Å². The van der Waals surface area contributed by atoms with Crippen LogP contribution in [0.15, 0.2) is 109 Å². The number of hydrogen-bond donors (Lipinski definition) is 2. The summed E-state index contributed by atoms with van der Waals surface area (Å²) in [5.41, 5.74) is 11.7.